The van der Waals surface area contributed by atoms with Gasteiger partial charge in [0.1, 0.15) is 4.60 Å². The first-order valence-electron chi connectivity index (χ1n) is 5.56. The monoisotopic (exact) mass is 378 g/mol. The van der Waals surface area contributed by atoms with E-state index in [1.807, 2.05) is 0 Å². The van der Waals surface area contributed by atoms with Crippen LogP contribution in [0.15, 0.2) is 41.1 Å². The highest BCUT2D eigenvalue weighted by molar-refractivity contribution is 9.10. The zero-order valence-corrected chi connectivity index (χ0v) is 12.6. The molecule has 21 heavy (non-hydrogen) atoms. The summed E-state index contributed by atoms with van der Waals surface area (Å²) < 4.78 is 38.5. The standard InChI is InChI=1S/C13H7BrClF3N2O/c14-11-2-1-7(6-19-11)12(21)20-10-4-8(13(16,17)18)3-9(15)5-10/h1-6H,(H,20,21). The molecule has 0 aliphatic heterocycles. The van der Waals surface area contributed by atoms with Crippen molar-refractivity contribution in [2.24, 2.45) is 0 Å². The van der Waals surface area contributed by atoms with Crippen LogP contribution < -0.4 is 5.32 Å². The summed E-state index contributed by atoms with van der Waals surface area (Å²) in [5, 5.41) is 2.24. The van der Waals surface area contributed by atoms with Crippen molar-refractivity contribution >= 4 is 39.1 Å². The number of rotatable bonds is 2. The van der Waals surface area contributed by atoms with Crippen LogP contribution in [0.1, 0.15) is 15.9 Å². The third-order valence-corrected chi connectivity index (χ3v) is 3.16. The predicted molar refractivity (Wildman–Crippen MR) is 76.3 cm³/mol. The number of alkyl halides is 3. The zero-order valence-electron chi connectivity index (χ0n) is 10.2. The van der Waals surface area contributed by atoms with Crippen LogP contribution in [0.25, 0.3) is 0 Å². The van der Waals surface area contributed by atoms with Crippen molar-refractivity contribution < 1.29 is 18.0 Å². The van der Waals surface area contributed by atoms with Crippen LogP contribution in [0.5, 0.6) is 0 Å². The highest BCUT2D eigenvalue weighted by atomic mass is 79.9. The topological polar surface area (TPSA) is 42.0 Å². The average molecular weight is 380 g/mol. The molecule has 0 radical (unpaired) electrons. The molecule has 0 saturated heterocycles. The Bertz CT molecular complexity index is 674. The molecule has 1 heterocycles. The molecule has 1 amide bonds. The van der Waals surface area contributed by atoms with Gasteiger partial charge in [-0.05, 0) is 46.3 Å². The fraction of sp³-hybridized carbons (Fsp3) is 0.0769. The molecule has 3 nitrogen and oxygen atoms in total. The quantitative estimate of drug-likeness (QED) is 0.764. The highest BCUT2D eigenvalue weighted by Gasteiger charge is 2.31. The van der Waals surface area contributed by atoms with Crippen LogP contribution >= 0.6 is 27.5 Å². The molecule has 1 aromatic carbocycles. The van der Waals surface area contributed by atoms with Crippen LogP contribution in [-0.2, 0) is 6.18 Å². The highest BCUT2D eigenvalue weighted by Crippen LogP contribution is 2.33. The van der Waals surface area contributed by atoms with Crippen molar-refractivity contribution in [3.8, 4) is 0 Å². The minimum absolute atomic E-state index is 0.0391. The summed E-state index contributed by atoms with van der Waals surface area (Å²) in [6, 6.07) is 5.88. The Labute approximate surface area is 131 Å². The molecule has 0 fully saturated rings. The maximum absolute atomic E-state index is 12.7. The number of anilines is 1. The van der Waals surface area contributed by atoms with E-state index in [1.165, 1.54) is 18.3 Å². The molecular formula is C13H7BrClF3N2O. The number of carbonyl (C=O) groups excluding carboxylic acids is 1. The lowest BCUT2D eigenvalue weighted by Crippen LogP contribution is -2.13. The van der Waals surface area contributed by atoms with E-state index in [2.05, 4.69) is 26.2 Å². The van der Waals surface area contributed by atoms with Crippen molar-refractivity contribution in [1.82, 2.24) is 4.98 Å². The van der Waals surface area contributed by atoms with E-state index in [-0.39, 0.29) is 16.3 Å². The molecule has 1 N–H and O–H groups in total. The molecule has 8 heteroatoms. The summed E-state index contributed by atoms with van der Waals surface area (Å²) >= 11 is 8.75. The molecule has 2 rings (SSSR count). The van der Waals surface area contributed by atoms with Gasteiger partial charge in [-0.25, -0.2) is 4.98 Å². The molecule has 0 saturated carbocycles. The van der Waals surface area contributed by atoms with Gasteiger partial charge in [-0.2, -0.15) is 13.2 Å². The summed E-state index contributed by atoms with van der Waals surface area (Å²) in [6.07, 6.45) is -3.24. The Morgan fingerprint density at radius 2 is 1.95 bits per heavy atom. The molecule has 2 aromatic rings. The number of aromatic nitrogens is 1. The Morgan fingerprint density at radius 1 is 1.24 bits per heavy atom. The third kappa shape index (κ3) is 4.18. The lowest BCUT2D eigenvalue weighted by atomic mass is 10.2. The number of pyridine rings is 1. The Balaban J connectivity index is 2.25. The van der Waals surface area contributed by atoms with E-state index in [1.54, 1.807) is 6.07 Å². The lowest BCUT2D eigenvalue weighted by Gasteiger charge is -2.11. The van der Waals surface area contributed by atoms with Crippen LogP contribution in [0, 0.1) is 0 Å². The third-order valence-electron chi connectivity index (χ3n) is 2.47. The largest absolute Gasteiger partial charge is 0.416 e. The first-order valence-corrected chi connectivity index (χ1v) is 6.73. The number of carbonyl (C=O) groups is 1. The van der Waals surface area contributed by atoms with Gasteiger partial charge in [0.25, 0.3) is 5.91 Å². The minimum Gasteiger partial charge on any atom is -0.322 e. The second kappa shape index (κ2) is 6.03. The van der Waals surface area contributed by atoms with E-state index >= 15 is 0 Å². The number of halogens is 5. The maximum atomic E-state index is 12.7. The van der Waals surface area contributed by atoms with E-state index in [0.29, 0.717) is 4.60 Å². The van der Waals surface area contributed by atoms with Gasteiger partial charge in [0.2, 0.25) is 0 Å². The van der Waals surface area contributed by atoms with E-state index in [9.17, 15) is 18.0 Å². The molecule has 0 bridgehead atoms. The molecule has 0 unspecified atom stereocenters. The molecule has 1 aromatic heterocycles. The average Bonchev–Trinajstić information content (AvgIpc) is 2.37. The summed E-state index contributed by atoms with van der Waals surface area (Å²) in [5.41, 5.74) is -0.756. The van der Waals surface area contributed by atoms with E-state index in [0.717, 1.165) is 12.1 Å². The van der Waals surface area contributed by atoms with Crippen LogP contribution in [0.3, 0.4) is 0 Å². The van der Waals surface area contributed by atoms with Crippen molar-refractivity contribution in [3.05, 3.63) is 57.3 Å². The first kappa shape index (κ1) is 15.8. The summed E-state index contributed by atoms with van der Waals surface area (Å²) in [6.45, 7) is 0. The molecule has 110 valence electrons. The fourth-order valence-electron chi connectivity index (χ4n) is 1.54. The van der Waals surface area contributed by atoms with Gasteiger partial charge in [0.15, 0.2) is 0 Å². The van der Waals surface area contributed by atoms with Crippen molar-refractivity contribution in [2.75, 3.05) is 5.32 Å². The summed E-state index contributed by atoms with van der Waals surface area (Å²) in [5.74, 6) is -0.578. The van der Waals surface area contributed by atoms with Gasteiger partial charge in [-0.3, -0.25) is 4.79 Å². The molecule has 0 aliphatic rings. The van der Waals surface area contributed by atoms with Gasteiger partial charge in [-0.15, -0.1) is 0 Å². The second-order valence-electron chi connectivity index (χ2n) is 4.05. The minimum atomic E-state index is -4.54. The van der Waals surface area contributed by atoms with Gasteiger partial charge < -0.3 is 5.32 Å². The number of hydrogen-bond donors (Lipinski definition) is 1. The molecule has 0 spiro atoms. The van der Waals surface area contributed by atoms with Crippen molar-refractivity contribution in [3.63, 3.8) is 0 Å². The summed E-state index contributed by atoms with van der Waals surface area (Å²) in [4.78, 5) is 15.8. The number of nitrogens with zero attached hydrogens (tertiary/aromatic N) is 1. The SMILES string of the molecule is O=C(Nc1cc(Cl)cc(C(F)(F)F)c1)c1ccc(Br)nc1. The Morgan fingerprint density at radius 3 is 2.52 bits per heavy atom. The van der Waals surface area contributed by atoms with E-state index < -0.39 is 17.6 Å². The maximum Gasteiger partial charge on any atom is 0.416 e. The first-order chi connectivity index (χ1) is 9.75. The van der Waals surface area contributed by atoms with Crippen LogP contribution in [0.4, 0.5) is 18.9 Å². The normalized spacial score (nSPS) is 11.3. The summed E-state index contributed by atoms with van der Waals surface area (Å²) in [7, 11) is 0. The van der Waals surface area contributed by atoms with Crippen molar-refractivity contribution in [1.29, 1.82) is 0 Å². The smallest absolute Gasteiger partial charge is 0.322 e. The predicted octanol–water partition coefficient (Wildman–Crippen LogP) is 4.77. The molecule has 0 aliphatic carbocycles. The van der Waals surface area contributed by atoms with Crippen molar-refractivity contribution in [2.45, 2.75) is 6.18 Å². The number of hydrogen-bond acceptors (Lipinski definition) is 2. The van der Waals surface area contributed by atoms with E-state index in [4.69, 9.17) is 11.6 Å². The lowest BCUT2D eigenvalue weighted by molar-refractivity contribution is -0.137. The van der Waals surface area contributed by atoms with Crippen LogP contribution in [-0.4, -0.2) is 10.9 Å². The number of amides is 1. The zero-order chi connectivity index (χ0) is 15.6. The van der Waals surface area contributed by atoms with Crippen LogP contribution in [0.2, 0.25) is 5.02 Å². The number of nitrogens with one attached hydrogen (secondary N) is 1. The molecule has 0 atom stereocenters. The van der Waals surface area contributed by atoms with Gasteiger partial charge in [0, 0.05) is 16.9 Å². The van der Waals surface area contributed by atoms with Gasteiger partial charge in [0.05, 0.1) is 11.1 Å². The molecular weight excluding hydrogens is 373 g/mol. The fourth-order valence-corrected chi connectivity index (χ4v) is 2.01. The van der Waals surface area contributed by atoms with Gasteiger partial charge >= 0.3 is 6.18 Å². The van der Waals surface area contributed by atoms with Gasteiger partial charge in [-0.1, -0.05) is 11.6 Å². The Kier molecular flexibility index (Phi) is 4.53. The second-order valence-corrected chi connectivity index (χ2v) is 5.30. The number of benzene rings is 1. The Hall–Kier alpha value is -1.60.